The molecule has 1 rings (SSSR count). The van der Waals surface area contributed by atoms with Crippen molar-refractivity contribution in [1.82, 2.24) is 0 Å². The lowest BCUT2D eigenvalue weighted by molar-refractivity contribution is -0.112. The van der Waals surface area contributed by atoms with Crippen LogP contribution in [-0.2, 0) is 4.79 Å². The van der Waals surface area contributed by atoms with Crippen molar-refractivity contribution in [1.29, 1.82) is 0 Å². The maximum atomic E-state index is 10.7. The summed E-state index contributed by atoms with van der Waals surface area (Å²) >= 11 is 3.09. The number of nitrogens with two attached hydrogens (primary N) is 1. The first-order chi connectivity index (χ1) is 7.00. The van der Waals surface area contributed by atoms with Crippen LogP contribution in [0.5, 0.6) is 0 Å². The fourth-order valence-electron chi connectivity index (χ4n) is 0.901. The first-order valence-electron chi connectivity index (χ1n) is 3.85. The molecule has 0 saturated heterocycles. The van der Waals surface area contributed by atoms with Crippen LogP contribution in [0.15, 0.2) is 22.7 Å². The normalized spacial score (nSPS) is 8.87. The van der Waals surface area contributed by atoms with E-state index in [4.69, 9.17) is 10.8 Å². The highest BCUT2D eigenvalue weighted by atomic mass is 79.9. The highest BCUT2D eigenvalue weighted by Crippen LogP contribution is 2.17. The van der Waals surface area contributed by atoms with E-state index in [1.165, 1.54) is 6.07 Å². The Hall–Kier alpha value is -1.80. The van der Waals surface area contributed by atoms with Gasteiger partial charge in [-0.05, 0) is 40.0 Å². The molecule has 1 amide bonds. The van der Waals surface area contributed by atoms with Gasteiger partial charge in [0.05, 0.1) is 5.56 Å². The van der Waals surface area contributed by atoms with E-state index >= 15 is 0 Å². The van der Waals surface area contributed by atoms with Gasteiger partial charge in [0.15, 0.2) is 0 Å². The molecule has 0 aliphatic rings. The molecule has 0 aliphatic carbocycles. The van der Waals surface area contributed by atoms with Gasteiger partial charge in [-0.15, -0.1) is 0 Å². The SMILES string of the molecule is NC(=O)C#Cc1ccc(Br)c(C(=O)O)c1. The highest BCUT2D eigenvalue weighted by Gasteiger charge is 2.07. The van der Waals surface area contributed by atoms with Gasteiger partial charge in [-0.3, -0.25) is 4.79 Å². The molecule has 0 unspecified atom stereocenters. The number of aromatic carboxylic acids is 1. The molecule has 0 aromatic heterocycles. The van der Waals surface area contributed by atoms with Crippen LogP contribution in [0.1, 0.15) is 15.9 Å². The van der Waals surface area contributed by atoms with Gasteiger partial charge in [-0.25, -0.2) is 4.79 Å². The minimum atomic E-state index is -1.07. The summed E-state index contributed by atoms with van der Waals surface area (Å²) in [6.45, 7) is 0. The number of carbonyl (C=O) groups is 2. The standard InChI is InChI=1S/C10H6BrNO3/c11-8-3-1-6(2-4-9(12)13)5-7(8)10(14)15/h1,3,5H,(H2,12,13)(H,14,15). The Morgan fingerprint density at radius 1 is 1.40 bits per heavy atom. The molecule has 0 bridgehead atoms. The summed E-state index contributed by atoms with van der Waals surface area (Å²) in [6.07, 6.45) is 0. The number of benzene rings is 1. The van der Waals surface area contributed by atoms with Crippen molar-refractivity contribution in [3.8, 4) is 11.8 Å². The average molecular weight is 268 g/mol. The molecule has 1 aromatic carbocycles. The second kappa shape index (κ2) is 4.62. The molecule has 3 N–H and O–H groups in total. The number of hydrogen-bond acceptors (Lipinski definition) is 2. The molecule has 15 heavy (non-hydrogen) atoms. The zero-order chi connectivity index (χ0) is 11.4. The minimum Gasteiger partial charge on any atom is -0.478 e. The third-order valence-electron chi connectivity index (χ3n) is 1.53. The number of carbonyl (C=O) groups excluding carboxylic acids is 1. The molecule has 0 heterocycles. The Labute approximate surface area is 94.2 Å². The van der Waals surface area contributed by atoms with Crippen LogP contribution >= 0.6 is 15.9 Å². The van der Waals surface area contributed by atoms with Crippen LogP contribution in [0, 0.1) is 11.8 Å². The largest absolute Gasteiger partial charge is 0.478 e. The monoisotopic (exact) mass is 267 g/mol. The van der Waals surface area contributed by atoms with Crippen LogP contribution in [0.2, 0.25) is 0 Å². The second-order valence-electron chi connectivity index (χ2n) is 2.61. The highest BCUT2D eigenvalue weighted by molar-refractivity contribution is 9.10. The van der Waals surface area contributed by atoms with Crippen molar-refractivity contribution in [2.75, 3.05) is 0 Å². The second-order valence-corrected chi connectivity index (χ2v) is 3.47. The molecule has 76 valence electrons. The number of carboxylic acids is 1. The summed E-state index contributed by atoms with van der Waals surface area (Å²) in [5.41, 5.74) is 5.34. The molecular formula is C10H6BrNO3. The van der Waals surface area contributed by atoms with Crippen LogP contribution in [-0.4, -0.2) is 17.0 Å². The smallest absolute Gasteiger partial charge is 0.336 e. The van der Waals surface area contributed by atoms with Crippen molar-refractivity contribution in [2.45, 2.75) is 0 Å². The van der Waals surface area contributed by atoms with Crippen LogP contribution in [0.3, 0.4) is 0 Å². The van der Waals surface area contributed by atoms with Crippen LogP contribution < -0.4 is 5.73 Å². The topological polar surface area (TPSA) is 80.4 Å². The number of rotatable bonds is 1. The molecular weight excluding hydrogens is 262 g/mol. The predicted molar refractivity (Wildman–Crippen MR) is 57.2 cm³/mol. The molecule has 0 aliphatic heterocycles. The number of amides is 1. The Kier molecular flexibility index (Phi) is 3.47. The van der Waals surface area contributed by atoms with E-state index in [-0.39, 0.29) is 5.56 Å². The molecule has 0 atom stereocenters. The van der Waals surface area contributed by atoms with Gasteiger partial charge < -0.3 is 10.8 Å². The summed E-state index contributed by atoms with van der Waals surface area (Å²) in [7, 11) is 0. The number of hydrogen-bond donors (Lipinski definition) is 2. The Morgan fingerprint density at radius 3 is 2.60 bits per heavy atom. The first-order valence-corrected chi connectivity index (χ1v) is 4.64. The maximum Gasteiger partial charge on any atom is 0.336 e. The van der Waals surface area contributed by atoms with E-state index in [2.05, 4.69) is 27.8 Å². The predicted octanol–water partition coefficient (Wildman–Crippen LogP) is 0.984. The lowest BCUT2D eigenvalue weighted by atomic mass is 10.1. The lowest BCUT2D eigenvalue weighted by Crippen LogP contribution is -2.06. The van der Waals surface area contributed by atoms with Crippen molar-refractivity contribution < 1.29 is 14.7 Å². The summed E-state index contributed by atoms with van der Waals surface area (Å²) in [6, 6.07) is 4.50. The van der Waals surface area contributed by atoms with Gasteiger partial charge in [-0.1, -0.05) is 5.92 Å². The molecule has 0 radical (unpaired) electrons. The molecule has 0 fully saturated rings. The van der Waals surface area contributed by atoms with Crippen molar-refractivity contribution in [3.63, 3.8) is 0 Å². The van der Waals surface area contributed by atoms with Crippen LogP contribution in [0.4, 0.5) is 0 Å². The van der Waals surface area contributed by atoms with E-state index in [1.54, 1.807) is 12.1 Å². The summed E-state index contributed by atoms with van der Waals surface area (Å²) in [4.78, 5) is 21.1. The van der Waals surface area contributed by atoms with Crippen molar-refractivity contribution in [2.24, 2.45) is 5.73 Å². The quantitative estimate of drug-likeness (QED) is 0.745. The summed E-state index contributed by atoms with van der Waals surface area (Å²) in [5.74, 6) is 2.77. The summed E-state index contributed by atoms with van der Waals surface area (Å²) < 4.78 is 0.458. The zero-order valence-electron chi connectivity index (χ0n) is 7.45. The van der Waals surface area contributed by atoms with Crippen molar-refractivity contribution >= 4 is 27.8 Å². The Morgan fingerprint density at radius 2 is 2.07 bits per heavy atom. The van der Waals surface area contributed by atoms with E-state index < -0.39 is 11.9 Å². The number of primary amides is 1. The van der Waals surface area contributed by atoms with Gasteiger partial charge in [0.25, 0.3) is 5.91 Å². The number of halogens is 1. The molecule has 0 spiro atoms. The third kappa shape index (κ3) is 3.11. The van der Waals surface area contributed by atoms with E-state index in [9.17, 15) is 9.59 Å². The number of carboxylic acid groups (broad SMARTS) is 1. The van der Waals surface area contributed by atoms with E-state index in [0.29, 0.717) is 10.0 Å². The molecule has 5 heteroatoms. The van der Waals surface area contributed by atoms with Gasteiger partial charge in [0.2, 0.25) is 0 Å². The van der Waals surface area contributed by atoms with Gasteiger partial charge in [-0.2, -0.15) is 0 Å². The third-order valence-corrected chi connectivity index (χ3v) is 2.22. The summed E-state index contributed by atoms with van der Waals surface area (Å²) in [5, 5.41) is 8.80. The minimum absolute atomic E-state index is 0.0891. The van der Waals surface area contributed by atoms with Gasteiger partial charge in [0, 0.05) is 10.0 Å². The van der Waals surface area contributed by atoms with Gasteiger partial charge in [0.1, 0.15) is 0 Å². The van der Waals surface area contributed by atoms with Gasteiger partial charge >= 0.3 is 5.97 Å². The molecule has 0 saturated carbocycles. The Balaban J connectivity index is 3.15. The first kappa shape index (κ1) is 11.3. The fourth-order valence-corrected chi connectivity index (χ4v) is 1.32. The molecule has 4 nitrogen and oxygen atoms in total. The van der Waals surface area contributed by atoms with Crippen molar-refractivity contribution in [3.05, 3.63) is 33.8 Å². The van der Waals surface area contributed by atoms with Crippen LogP contribution in [0.25, 0.3) is 0 Å². The maximum absolute atomic E-state index is 10.7. The zero-order valence-corrected chi connectivity index (χ0v) is 9.04. The fraction of sp³-hybridized carbons (Fsp3) is 0. The van der Waals surface area contributed by atoms with E-state index in [0.717, 1.165) is 0 Å². The molecule has 1 aromatic rings. The lowest BCUT2D eigenvalue weighted by Gasteiger charge is -1.98. The average Bonchev–Trinajstić information content (AvgIpc) is 2.16. The Bertz CT molecular complexity index is 485. The van der Waals surface area contributed by atoms with E-state index in [1.807, 2.05) is 0 Å².